The monoisotopic (exact) mass is 308 g/mol. The van der Waals surface area contributed by atoms with Crippen molar-refractivity contribution >= 4 is 10.1 Å². The van der Waals surface area contributed by atoms with Crippen LogP contribution in [-0.2, 0) is 14.3 Å². The van der Waals surface area contributed by atoms with Gasteiger partial charge in [-0.1, -0.05) is 24.1 Å². The van der Waals surface area contributed by atoms with Crippen LogP contribution in [0, 0.1) is 12.3 Å². The summed E-state index contributed by atoms with van der Waals surface area (Å²) in [4.78, 5) is -0.125. The Labute approximate surface area is 115 Å². The Bertz CT molecular complexity index is 572. The summed E-state index contributed by atoms with van der Waals surface area (Å²) < 4.78 is 67.1. The van der Waals surface area contributed by atoms with Gasteiger partial charge in [0, 0.05) is 0 Å². The predicted octanol–water partition coefficient (Wildman–Crippen LogP) is 3.43. The number of aryl methyl sites for hydroxylation is 1. The summed E-state index contributed by atoms with van der Waals surface area (Å²) in [5.74, 6) is 0. The zero-order valence-electron chi connectivity index (χ0n) is 10.9. The van der Waals surface area contributed by atoms with Crippen molar-refractivity contribution in [1.82, 2.24) is 0 Å². The summed E-state index contributed by atoms with van der Waals surface area (Å²) in [6, 6.07) is 5.79. The Morgan fingerprint density at radius 2 is 1.75 bits per heavy atom. The van der Waals surface area contributed by atoms with E-state index >= 15 is 0 Å². The molecule has 112 valence electrons. The first-order chi connectivity index (χ1) is 9.16. The van der Waals surface area contributed by atoms with Gasteiger partial charge in [0.2, 0.25) is 0 Å². The van der Waals surface area contributed by atoms with Crippen LogP contribution in [0.2, 0.25) is 0 Å². The highest BCUT2D eigenvalue weighted by Gasteiger charge is 2.58. The van der Waals surface area contributed by atoms with Gasteiger partial charge in [0.15, 0.2) is 0 Å². The van der Waals surface area contributed by atoms with Crippen molar-refractivity contribution in [1.29, 1.82) is 0 Å². The maximum absolute atomic E-state index is 12.9. The van der Waals surface area contributed by atoms with E-state index in [-0.39, 0.29) is 17.7 Å². The molecule has 0 amide bonds. The first kappa shape index (κ1) is 15.3. The highest BCUT2D eigenvalue weighted by molar-refractivity contribution is 7.86. The molecule has 1 aromatic carbocycles. The molecule has 0 radical (unpaired) electrons. The van der Waals surface area contributed by atoms with Crippen molar-refractivity contribution < 1.29 is 25.8 Å². The first-order valence-corrected chi connectivity index (χ1v) is 7.60. The summed E-state index contributed by atoms with van der Waals surface area (Å²) in [6.07, 6.45) is -4.17. The van der Waals surface area contributed by atoms with Gasteiger partial charge in [0.25, 0.3) is 10.1 Å². The smallest absolute Gasteiger partial charge is 0.265 e. The van der Waals surface area contributed by atoms with Crippen LogP contribution in [-0.4, -0.2) is 21.2 Å². The quantitative estimate of drug-likeness (QED) is 0.800. The molecule has 1 fully saturated rings. The van der Waals surface area contributed by atoms with E-state index in [0.29, 0.717) is 6.42 Å². The molecule has 0 saturated heterocycles. The highest BCUT2D eigenvalue weighted by atomic mass is 32.2. The number of rotatable bonds is 4. The van der Waals surface area contributed by atoms with Crippen LogP contribution in [0.3, 0.4) is 0 Å². The molecule has 0 heterocycles. The predicted molar refractivity (Wildman–Crippen MR) is 66.7 cm³/mol. The maximum Gasteiger partial charge on any atom is 0.396 e. The van der Waals surface area contributed by atoms with Crippen LogP contribution in [0.15, 0.2) is 29.2 Å². The van der Waals surface area contributed by atoms with Crippen LogP contribution in [0.1, 0.15) is 24.8 Å². The summed E-state index contributed by atoms with van der Waals surface area (Å²) in [5.41, 5.74) is -1.15. The number of halogens is 3. The molecule has 1 aromatic rings. The largest absolute Gasteiger partial charge is 0.396 e. The molecule has 1 aliphatic carbocycles. The minimum atomic E-state index is -4.44. The van der Waals surface area contributed by atoms with Gasteiger partial charge in [-0.05, 0) is 31.9 Å². The third-order valence-corrected chi connectivity index (χ3v) is 4.99. The lowest BCUT2D eigenvalue weighted by atomic mass is 9.69. The Kier molecular flexibility index (Phi) is 3.85. The zero-order chi connectivity index (χ0) is 15.0. The fourth-order valence-electron chi connectivity index (χ4n) is 2.08. The van der Waals surface area contributed by atoms with Crippen molar-refractivity contribution in [3.05, 3.63) is 29.8 Å². The third-order valence-electron chi connectivity index (χ3n) is 3.71. The number of alkyl halides is 3. The van der Waals surface area contributed by atoms with Crippen molar-refractivity contribution in [2.75, 3.05) is 6.61 Å². The number of hydrogen-bond donors (Lipinski definition) is 0. The van der Waals surface area contributed by atoms with Crippen LogP contribution in [0.5, 0.6) is 0 Å². The molecular weight excluding hydrogens is 293 g/mol. The zero-order valence-corrected chi connectivity index (χ0v) is 11.7. The molecule has 0 N–H and O–H groups in total. The molecule has 0 aliphatic heterocycles. The van der Waals surface area contributed by atoms with Crippen LogP contribution >= 0.6 is 0 Å². The Morgan fingerprint density at radius 1 is 1.20 bits per heavy atom. The van der Waals surface area contributed by atoms with Gasteiger partial charge in [-0.3, -0.25) is 4.18 Å². The average molecular weight is 308 g/mol. The normalized spacial score (nSPS) is 18.6. The van der Waals surface area contributed by atoms with Crippen molar-refractivity contribution in [3.63, 3.8) is 0 Å². The Balaban J connectivity index is 2.12. The van der Waals surface area contributed by atoms with Crippen LogP contribution in [0.4, 0.5) is 13.2 Å². The molecule has 1 aliphatic rings. The molecule has 20 heavy (non-hydrogen) atoms. The molecular formula is C13H15F3O3S. The fourth-order valence-corrected chi connectivity index (χ4v) is 3.06. The van der Waals surface area contributed by atoms with Gasteiger partial charge in [0.05, 0.1) is 16.9 Å². The lowest BCUT2D eigenvalue weighted by Crippen LogP contribution is -2.47. The van der Waals surface area contributed by atoms with Gasteiger partial charge in [-0.15, -0.1) is 0 Å². The summed E-state index contributed by atoms with van der Waals surface area (Å²) in [6.45, 7) is 0.941. The lowest BCUT2D eigenvalue weighted by Gasteiger charge is -2.42. The molecule has 7 heteroatoms. The van der Waals surface area contributed by atoms with Gasteiger partial charge < -0.3 is 0 Å². The van der Waals surface area contributed by atoms with Crippen molar-refractivity contribution in [2.45, 2.75) is 37.3 Å². The van der Waals surface area contributed by atoms with Crippen LogP contribution in [0.25, 0.3) is 0 Å². The fraction of sp³-hybridized carbons (Fsp3) is 0.538. The average Bonchev–Trinajstić information content (AvgIpc) is 2.25. The van der Waals surface area contributed by atoms with E-state index in [1.54, 1.807) is 19.1 Å². The second kappa shape index (κ2) is 5.04. The van der Waals surface area contributed by atoms with E-state index in [1.807, 2.05) is 0 Å². The van der Waals surface area contributed by atoms with E-state index in [1.165, 1.54) is 12.1 Å². The lowest BCUT2D eigenvalue weighted by molar-refractivity contribution is -0.259. The Morgan fingerprint density at radius 3 is 2.15 bits per heavy atom. The Hall–Kier alpha value is -1.08. The molecule has 1 saturated carbocycles. The third kappa shape index (κ3) is 2.83. The topological polar surface area (TPSA) is 43.4 Å². The van der Waals surface area contributed by atoms with Gasteiger partial charge in [0.1, 0.15) is 0 Å². The number of benzene rings is 1. The minimum Gasteiger partial charge on any atom is -0.265 e. The molecule has 0 atom stereocenters. The first-order valence-electron chi connectivity index (χ1n) is 6.19. The van der Waals surface area contributed by atoms with E-state index in [2.05, 4.69) is 4.18 Å². The van der Waals surface area contributed by atoms with E-state index in [9.17, 15) is 21.6 Å². The second-order valence-corrected chi connectivity index (χ2v) is 6.78. The molecule has 0 bridgehead atoms. The summed E-state index contributed by atoms with van der Waals surface area (Å²) in [7, 11) is -4.15. The van der Waals surface area contributed by atoms with E-state index in [0.717, 1.165) is 5.56 Å². The van der Waals surface area contributed by atoms with E-state index < -0.39 is 28.3 Å². The highest BCUT2D eigenvalue weighted by Crippen LogP contribution is 2.53. The summed E-state index contributed by atoms with van der Waals surface area (Å²) >= 11 is 0. The minimum absolute atomic E-state index is 0.0834. The van der Waals surface area contributed by atoms with Gasteiger partial charge >= 0.3 is 6.18 Å². The molecule has 3 nitrogen and oxygen atoms in total. The van der Waals surface area contributed by atoms with E-state index in [4.69, 9.17) is 0 Å². The van der Waals surface area contributed by atoms with Crippen molar-refractivity contribution in [3.8, 4) is 0 Å². The summed E-state index contributed by atoms with van der Waals surface area (Å²) in [5, 5.41) is 0. The molecule has 0 unspecified atom stereocenters. The van der Waals surface area contributed by atoms with Gasteiger partial charge in [-0.25, -0.2) is 0 Å². The SMILES string of the molecule is Cc1ccc(S(=O)(=O)OCC2(C(F)(F)F)CCC2)cc1. The molecule has 2 rings (SSSR count). The van der Waals surface area contributed by atoms with Crippen molar-refractivity contribution in [2.24, 2.45) is 5.41 Å². The second-order valence-electron chi connectivity index (χ2n) is 5.16. The van der Waals surface area contributed by atoms with Gasteiger partial charge in [-0.2, -0.15) is 21.6 Å². The maximum atomic E-state index is 12.9. The molecule has 0 spiro atoms. The number of hydrogen-bond acceptors (Lipinski definition) is 3. The standard InChI is InChI=1S/C13H15F3O3S/c1-10-3-5-11(6-4-10)20(17,18)19-9-12(7-2-8-12)13(14,15)16/h3-6H,2,7-9H2,1H3. The van der Waals surface area contributed by atoms with Crippen LogP contribution < -0.4 is 0 Å². The molecule has 0 aromatic heterocycles.